The Labute approximate surface area is 210 Å². The zero-order chi connectivity index (χ0) is 25.6. The number of rotatable bonds is 3. The Hall–Kier alpha value is -2.33. The highest BCUT2D eigenvalue weighted by molar-refractivity contribution is 5.83. The van der Waals surface area contributed by atoms with E-state index in [9.17, 15) is 22.8 Å². The van der Waals surface area contributed by atoms with Crippen LogP contribution in [-0.4, -0.2) is 97.1 Å². The van der Waals surface area contributed by atoms with Crippen LogP contribution in [0.4, 0.5) is 18.9 Å². The lowest BCUT2D eigenvalue weighted by molar-refractivity contribution is -0.148. The predicted molar refractivity (Wildman–Crippen MR) is 129 cm³/mol. The quantitative estimate of drug-likeness (QED) is 0.629. The Bertz CT molecular complexity index is 987. The number of fused-ring (bicyclic) bond motifs is 3. The first-order valence-electron chi connectivity index (χ1n) is 13.0. The van der Waals surface area contributed by atoms with Crippen molar-refractivity contribution in [1.82, 2.24) is 14.7 Å². The number of hydrogen-bond acceptors (Lipinski definition) is 5. The van der Waals surface area contributed by atoms with Crippen LogP contribution in [0.2, 0.25) is 0 Å². The van der Waals surface area contributed by atoms with Gasteiger partial charge in [0.15, 0.2) is 0 Å². The minimum atomic E-state index is -4.44. The summed E-state index contributed by atoms with van der Waals surface area (Å²) >= 11 is 0. The number of carbonyl (C=O) groups is 2. The zero-order valence-electron chi connectivity index (χ0n) is 21.0. The van der Waals surface area contributed by atoms with Crippen molar-refractivity contribution >= 4 is 17.5 Å². The molecule has 0 aliphatic carbocycles. The van der Waals surface area contributed by atoms with Crippen LogP contribution in [-0.2, 0) is 26.9 Å². The van der Waals surface area contributed by atoms with Gasteiger partial charge in [0.2, 0.25) is 11.8 Å². The van der Waals surface area contributed by atoms with Gasteiger partial charge in [-0.2, -0.15) is 13.2 Å². The van der Waals surface area contributed by atoms with Gasteiger partial charge in [-0.25, -0.2) is 0 Å². The Morgan fingerprint density at radius 3 is 2.33 bits per heavy atom. The van der Waals surface area contributed by atoms with E-state index >= 15 is 0 Å². The molecule has 0 aromatic heterocycles. The zero-order valence-corrected chi connectivity index (χ0v) is 21.0. The van der Waals surface area contributed by atoms with Crippen molar-refractivity contribution in [3.63, 3.8) is 0 Å². The third-order valence-electron chi connectivity index (χ3n) is 7.99. The lowest BCUT2D eigenvalue weighted by atomic mass is 9.82. The van der Waals surface area contributed by atoms with Gasteiger partial charge in [0, 0.05) is 51.5 Å². The fraction of sp³-hybridized carbons (Fsp3) is 0.692. The SMILES string of the molecule is CC1CN(C(=O)C2Cc3cc(C(F)(F)F)ccc3N3CCN(CC(=O)N4CCCC4)CC23)CC(C)O1. The van der Waals surface area contributed by atoms with Crippen molar-refractivity contribution < 1.29 is 27.5 Å². The molecule has 4 atom stereocenters. The molecule has 4 aliphatic rings. The summed E-state index contributed by atoms with van der Waals surface area (Å²) in [5.74, 6) is -0.406. The number of likely N-dealkylation sites (tertiary alicyclic amines) is 1. The fourth-order valence-electron chi connectivity index (χ4n) is 6.34. The van der Waals surface area contributed by atoms with E-state index in [-0.39, 0.29) is 36.5 Å². The van der Waals surface area contributed by atoms with Gasteiger partial charge in [-0.15, -0.1) is 0 Å². The minimum Gasteiger partial charge on any atom is -0.372 e. The fourth-order valence-corrected chi connectivity index (χ4v) is 6.34. The van der Waals surface area contributed by atoms with Crippen molar-refractivity contribution in [1.29, 1.82) is 0 Å². The number of hydrogen-bond donors (Lipinski definition) is 0. The van der Waals surface area contributed by atoms with Gasteiger partial charge in [-0.3, -0.25) is 14.5 Å². The molecule has 4 unspecified atom stereocenters. The number of alkyl halides is 3. The second kappa shape index (κ2) is 9.85. The number of ether oxygens (including phenoxy) is 1. The molecular weight excluding hydrogens is 473 g/mol. The van der Waals surface area contributed by atoms with Gasteiger partial charge in [0.05, 0.1) is 36.3 Å². The van der Waals surface area contributed by atoms with Crippen molar-refractivity contribution in [3.8, 4) is 0 Å². The average Bonchev–Trinajstić information content (AvgIpc) is 3.37. The van der Waals surface area contributed by atoms with Crippen LogP contribution >= 0.6 is 0 Å². The number of amides is 2. The number of halogens is 3. The van der Waals surface area contributed by atoms with E-state index in [2.05, 4.69) is 9.80 Å². The predicted octanol–water partition coefficient (Wildman–Crippen LogP) is 2.63. The van der Waals surface area contributed by atoms with Gasteiger partial charge in [0.25, 0.3) is 0 Å². The first-order chi connectivity index (χ1) is 17.1. The lowest BCUT2D eigenvalue weighted by Gasteiger charge is -2.50. The third-order valence-corrected chi connectivity index (χ3v) is 7.99. The number of anilines is 1. The molecule has 198 valence electrons. The molecule has 0 bridgehead atoms. The number of piperazine rings is 1. The Morgan fingerprint density at radius 2 is 1.67 bits per heavy atom. The molecule has 0 N–H and O–H groups in total. The first kappa shape index (κ1) is 25.3. The Kier molecular flexibility index (Phi) is 6.93. The average molecular weight is 509 g/mol. The summed E-state index contributed by atoms with van der Waals surface area (Å²) in [5, 5.41) is 0. The summed E-state index contributed by atoms with van der Waals surface area (Å²) in [6.07, 6.45) is -2.30. The maximum Gasteiger partial charge on any atom is 0.416 e. The van der Waals surface area contributed by atoms with Crippen LogP contribution in [0.25, 0.3) is 0 Å². The lowest BCUT2D eigenvalue weighted by Crippen LogP contribution is -2.63. The van der Waals surface area contributed by atoms with E-state index in [1.54, 1.807) is 6.07 Å². The van der Waals surface area contributed by atoms with E-state index in [0.717, 1.165) is 37.7 Å². The molecule has 2 amide bonds. The molecule has 5 rings (SSSR count). The molecule has 10 heteroatoms. The standard InChI is InChI=1S/C26H35F3N4O3/c1-17-13-32(14-18(2)36-17)25(35)21-12-19-11-20(26(27,28)29)5-6-22(19)33-10-9-30(15-23(21)33)16-24(34)31-7-3-4-8-31/h5-6,11,17-18,21,23H,3-4,7-10,12-16H2,1-2H3. The summed E-state index contributed by atoms with van der Waals surface area (Å²) in [6, 6.07) is 3.69. The molecule has 3 saturated heterocycles. The molecular formula is C26H35F3N4O3. The molecule has 0 saturated carbocycles. The molecule has 3 fully saturated rings. The van der Waals surface area contributed by atoms with Crippen LogP contribution < -0.4 is 4.90 Å². The number of morpholine rings is 1. The number of benzene rings is 1. The smallest absolute Gasteiger partial charge is 0.372 e. The summed E-state index contributed by atoms with van der Waals surface area (Å²) in [6.45, 7) is 8.44. The summed E-state index contributed by atoms with van der Waals surface area (Å²) in [7, 11) is 0. The Balaban J connectivity index is 1.41. The van der Waals surface area contributed by atoms with E-state index in [1.165, 1.54) is 6.07 Å². The van der Waals surface area contributed by atoms with Crippen LogP contribution in [0.15, 0.2) is 18.2 Å². The largest absolute Gasteiger partial charge is 0.416 e. The van der Waals surface area contributed by atoms with Crippen LogP contribution in [0.5, 0.6) is 0 Å². The number of nitrogens with zero attached hydrogens (tertiary/aromatic N) is 4. The summed E-state index contributed by atoms with van der Waals surface area (Å²) < 4.78 is 46.2. The van der Waals surface area contributed by atoms with E-state index < -0.39 is 17.7 Å². The van der Waals surface area contributed by atoms with Crippen LogP contribution in [0.3, 0.4) is 0 Å². The van der Waals surface area contributed by atoms with Gasteiger partial charge < -0.3 is 19.4 Å². The van der Waals surface area contributed by atoms with E-state index in [4.69, 9.17) is 4.74 Å². The normalized spacial score (nSPS) is 29.2. The molecule has 0 spiro atoms. The second-order valence-corrected chi connectivity index (χ2v) is 10.7. The highest BCUT2D eigenvalue weighted by Crippen LogP contribution is 2.40. The Morgan fingerprint density at radius 1 is 0.972 bits per heavy atom. The van der Waals surface area contributed by atoms with Gasteiger partial charge in [-0.05, 0) is 56.9 Å². The van der Waals surface area contributed by atoms with Gasteiger partial charge >= 0.3 is 6.18 Å². The van der Waals surface area contributed by atoms with Crippen molar-refractivity contribution in [2.75, 3.05) is 57.3 Å². The van der Waals surface area contributed by atoms with Gasteiger partial charge in [-0.1, -0.05) is 0 Å². The molecule has 36 heavy (non-hydrogen) atoms. The topological polar surface area (TPSA) is 56.3 Å². The molecule has 4 heterocycles. The van der Waals surface area contributed by atoms with Crippen molar-refractivity contribution in [2.45, 2.75) is 57.5 Å². The van der Waals surface area contributed by atoms with Crippen molar-refractivity contribution in [2.24, 2.45) is 5.92 Å². The monoisotopic (exact) mass is 508 g/mol. The first-order valence-corrected chi connectivity index (χ1v) is 13.0. The number of carbonyl (C=O) groups excluding carboxylic acids is 2. The minimum absolute atomic E-state index is 0.0391. The molecule has 7 nitrogen and oxygen atoms in total. The van der Waals surface area contributed by atoms with Crippen LogP contribution in [0.1, 0.15) is 37.8 Å². The molecule has 1 aromatic carbocycles. The molecule has 1 aromatic rings. The highest BCUT2D eigenvalue weighted by atomic mass is 19.4. The van der Waals surface area contributed by atoms with E-state index in [0.29, 0.717) is 44.8 Å². The van der Waals surface area contributed by atoms with Crippen LogP contribution in [0, 0.1) is 5.92 Å². The highest BCUT2D eigenvalue weighted by Gasteiger charge is 2.45. The van der Waals surface area contributed by atoms with Crippen molar-refractivity contribution in [3.05, 3.63) is 29.3 Å². The second-order valence-electron chi connectivity index (χ2n) is 10.7. The summed E-state index contributed by atoms with van der Waals surface area (Å²) in [5.41, 5.74) is 0.649. The summed E-state index contributed by atoms with van der Waals surface area (Å²) in [4.78, 5) is 34.6. The van der Waals surface area contributed by atoms with Gasteiger partial charge in [0.1, 0.15) is 0 Å². The third kappa shape index (κ3) is 5.07. The maximum atomic E-state index is 13.9. The molecule has 0 radical (unpaired) electrons. The molecule has 4 aliphatic heterocycles. The maximum absolute atomic E-state index is 13.9. The van der Waals surface area contributed by atoms with E-state index in [1.807, 2.05) is 23.6 Å².